The molecule has 0 aliphatic carbocycles. The van der Waals surface area contributed by atoms with Crippen LogP contribution in [0.25, 0.3) is 0 Å². The van der Waals surface area contributed by atoms with Gasteiger partial charge in [0.05, 0.1) is 19.7 Å². The van der Waals surface area contributed by atoms with Crippen molar-refractivity contribution in [3.63, 3.8) is 0 Å². The van der Waals surface area contributed by atoms with Crippen LogP contribution in [0, 0.1) is 6.92 Å². The van der Waals surface area contributed by atoms with Crippen LogP contribution in [0.3, 0.4) is 0 Å². The minimum atomic E-state index is -3.42. The summed E-state index contributed by atoms with van der Waals surface area (Å²) >= 11 is 9.78. The number of aryl methyl sites for hydroxylation is 1. The lowest BCUT2D eigenvalue weighted by Crippen LogP contribution is -2.53. The minimum absolute atomic E-state index is 0.00174. The lowest BCUT2D eigenvalue weighted by molar-refractivity contribution is 0.175. The highest BCUT2D eigenvalue weighted by Gasteiger charge is 2.32. The summed E-state index contributed by atoms with van der Waals surface area (Å²) in [5, 5.41) is 0. The Hall–Kier alpha value is -0.0600. The highest BCUT2D eigenvalue weighted by molar-refractivity contribution is 9.11. The van der Waals surface area contributed by atoms with Crippen LogP contribution in [0.15, 0.2) is 14.7 Å². The standard InChI is InChI=1S/C12H18BrN3O2S3/c1-8(12(14)19)15-3-5-16(6-4-15)21(17,18)10-7-11(13)20-9(10)2/h7-8H,3-6H2,1-2H3,(H2,14,19). The lowest BCUT2D eigenvalue weighted by Gasteiger charge is -2.36. The summed E-state index contributed by atoms with van der Waals surface area (Å²) in [6.45, 7) is 5.98. The highest BCUT2D eigenvalue weighted by Crippen LogP contribution is 2.31. The highest BCUT2D eigenvalue weighted by atomic mass is 79.9. The minimum Gasteiger partial charge on any atom is -0.392 e. The summed E-state index contributed by atoms with van der Waals surface area (Å²) in [6.07, 6.45) is 0. The molecule has 1 aliphatic heterocycles. The van der Waals surface area contributed by atoms with Gasteiger partial charge in [0, 0.05) is 31.1 Å². The Balaban J connectivity index is 2.11. The zero-order chi connectivity index (χ0) is 15.8. The molecule has 1 aromatic heterocycles. The van der Waals surface area contributed by atoms with Crippen LogP contribution >= 0.6 is 39.5 Å². The molecule has 118 valence electrons. The molecule has 21 heavy (non-hydrogen) atoms. The molecular weight excluding hydrogens is 394 g/mol. The molecular formula is C12H18BrN3O2S3. The van der Waals surface area contributed by atoms with Crippen molar-refractivity contribution < 1.29 is 8.42 Å². The number of thiocarbonyl (C=S) groups is 1. The molecule has 9 heteroatoms. The van der Waals surface area contributed by atoms with Gasteiger partial charge in [-0.3, -0.25) is 4.90 Å². The predicted octanol–water partition coefficient (Wildman–Crippen LogP) is 1.80. The first-order valence-electron chi connectivity index (χ1n) is 6.53. The van der Waals surface area contributed by atoms with Gasteiger partial charge in [-0.25, -0.2) is 8.42 Å². The van der Waals surface area contributed by atoms with E-state index >= 15 is 0 Å². The number of piperazine rings is 1. The van der Waals surface area contributed by atoms with E-state index in [0.29, 0.717) is 36.1 Å². The molecule has 0 saturated carbocycles. The number of nitrogens with two attached hydrogens (primary N) is 1. The Morgan fingerprint density at radius 3 is 2.43 bits per heavy atom. The van der Waals surface area contributed by atoms with Crippen molar-refractivity contribution in [1.82, 2.24) is 9.21 Å². The number of nitrogens with zero attached hydrogens (tertiary/aromatic N) is 2. The van der Waals surface area contributed by atoms with E-state index in [1.165, 1.54) is 15.6 Å². The van der Waals surface area contributed by atoms with Gasteiger partial charge in [0.25, 0.3) is 0 Å². The van der Waals surface area contributed by atoms with Crippen molar-refractivity contribution in [1.29, 1.82) is 0 Å². The second kappa shape index (κ2) is 6.59. The molecule has 2 rings (SSSR count). The van der Waals surface area contributed by atoms with Gasteiger partial charge in [-0.2, -0.15) is 4.31 Å². The number of hydrogen-bond donors (Lipinski definition) is 1. The first kappa shape index (κ1) is 17.3. The van der Waals surface area contributed by atoms with Crippen LogP contribution in [0.2, 0.25) is 0 Å². The first-order chi connectivity index (χ1) is 9.73. The molecule has 0 bridgehead atoms. The van der Waals surface area contributed by atoms with Gasteiger partial charge in [-0.05, 0) is 35.8 Å². The van der Waals surface area contributed by atoms with Crippen LogP contribution in [0.1, 0.15) is 11.8 Å². The van der Waals surface area contributed by atoms with E-state index in [1.807, 2.05) is 13.8 Å². The van der Waals surface area contributed by atoms with Crippen molar-refractivity contribution >= 4 is 54.5 Å². The van der Waals surface area contributed by atoms with Gasteiger partial charge < -0.3 is 5.73 Å². The average molecular weight is 412 g/mol. The van der Waals surface area contributed by atoms with Crippen molar-refractivity contribution in [3.05, 3.63) is 14.7 Å². The zero-order valence-electron chi connectivity index (χ0n) is 11.9. The summed E-state index contributed by atoms with van der Waals surface area (Å²) in [7, 11) is -3.42. The maximum Gasteiger partial charge on any atom is 0.244 e. The lowest BCUT2D eigenvalue weighted by atomic mass is 10.2. The van der Waals surface area contributed by atoms with E-state index in [0.717, 1.165) is 8.66 Å². The third-order valence-corrected chi connectivity index (χ3v) is 7.74. The summed E-state index contributed by atoms with van der Waals surface area (Å²) in [6, 6.07) is 1.68. The molecule has 1 atom stereocenters. The number of halogens is 1. The maximum atomic E-state index is 12.7. The monoisotopic (exact) mass is 411 g/mol. The van der Waals surface area contributed by atoms with Crippen molar-refractivity contribution in [2.24, 2.45) is 5.73 Å². The van der Waals surface area contributed by atoms with Gasteiger partial charge >= 0.3 is 0 Å². The van der Waals surface area contributed by atoms with Crippen LogP contribution < -0.4 is 5.73 Å². The topological polar surface area (TPSA) is 66.6 Å². The maximum absolute atomic E-state index is 12.7. The van der Waals surface area contributed by atoms with Gasteiger partial charge in [0.15, 0.2) is 0 Å². The van der Waals surface area contributed by atoms with E-state index in [1.54, 1.807) is 6.07 Å². The molecule has 2 N–H and O–H groups in total. The Morgan fingerprint density at radius 1 is 1.43 bits per heavy atom. The Kier molecular flexibility index (Phi) is 5.43. The normalized spacial score (nSPS) is 19.6. The molecule has 1 aliphatic rings. The van der Waals surface area contributed by atoms with Gasteiger partial charge in [0.1, 0.15) is 0 Å². The fraction of sp³-hybridized carbons (Fsp3) is 0.583. The molecule has 0 aromatic carbocycles. The summed E-state index contributed by atoms with van der Waals surface area (Å²) in [5.41, 5.74) is 5.66. The molecule has 1 saturated heterocycles. The SMILES string of the molecule is Cc1sc(Br)cc1S(=O)(=O)N1CCN(C(C)C(N)=S)CC1. The third kappa shape index (κ3) is 3.65. The molecule has 1 aromatic rings. The molecule has 5 nitrogen and oxygen atoms in total. The molecule has 2 heterocycles. The predicted molar refractivity (Wildman–Crippen MR) is 93.3 cm³/mol. The number of hydrogen-bond acceptors (Lipinski definition) is 5. The van der Waals surface area contributed by atoms with E-state index in [2.05, 4.69) is 20.8 Å². The average Bonchev–Trinajstić information content (AvgIpc) is 2.77. The quantitative estimate of drug-likeness (QED) is 0.764. The Morgan fingerprint density at radius 2 is 2.00 bits per heavy atom. The largest absolute Gasteiger partial charge is 0.392 e. The molecule has 0 amide bonds. The van der Waals surface area contributed by atoms with E-state index in [4.69, 9.17) is 18.0 Å². The fourth-order valence-electron chi connectivity index (χ4n) is 2.34. The van der Waals surface area contributed by atoms with Crippen LogP contribution in [-0.4, -0.2) is 54.8 Å². The van der Waals surface area contributed by atoms with E-state index in [9.17, 15) is 8.42 Å². The van der Waals surface area contributed by atoms with Crippen molar-refractivity contribution in [3.8, 4) is 0 Å². The zero-order valence-corrected chi connectivity index (χ0v) is 15.9. The van der Waals surface area contributed by atoms with E-state index < -0.39 is 10.0 Å². The van der Waals surface area contributed by atoms with Crippen LogP contribution in [0.5, 0.6) is 0 Å². The second-order valence-electron chi connectivity index (χ2n) is 4.99. The number of rotatable bonds is 4. The fourth-order valence-corrected chi connectivity index (χ4v) is 6.29. The van der Waals surface area contributed by atoms with Crippen LogP contribution in [-0.2, 0) is 10.0 Å². The van der Waals surface area contributed by atoms with E-state index in [-0.39, 0.29) is 6.04 Å². The van der Waals surface area contributed by atoms with Crippen molar-refractivity contribution in [2.75, 3.05) is 26.2 Å². The summed E-state index contributed by atoms with van der Waals surface area (Å²) < 4.78 is 27.7. The molecule has 0 radical (unpaired) electrons. The smallest absolute Gasteiger partial charge is 0.244 e. The number of sulfonamides is 1. The molecule has 0 spiro atoms. The van der Waals surface area contributed by atoms with Crippen molar-refractivity contribution in [2.45, 2.75) is 24.8 Å². The Bertz CT molecular complexity index is 636. The Labute approximate surface area is 143 Å². The van der Waals surface area contributed by atoms with Gasteiger partial charge in [0.2, 0.25) is 10.0 Å². The van der Waals surface area contributed by atoms with Crippen LogP contribution in [0.4, 0.5) is 0 Å². The van der Waals surface area contributed by atoms with Gasteiger partial charge in [-0.1, -0.05) is 12.2 Å². The summed E-state index contributed by atoms with van der Waals surface area (Å²) in [4.78, 5) is 3.77. The summed E-state index contributed by atoms with van der Waals surface area (Å²) in [5.74, 6) is 0. The third-order valence-electron chi connectivity index (χ3n) is 3.69. The molecule has 1 unspecified atom stereocenters. The van der Waals surface area contributed by atoms with Gasteiger partial charge in [-0.15, -0.1) is 11.3 Å². The number of thiophene rings is 1. The molecule has 1 fully saturated rings. The second-order valence-corrected chi connectivity index (χ2v) is 10.0. The first-order valence-corrected chi connectivity index (χ1v) is 9.98.